The lowest BCUT2D eigenvalue weighted by Gasteiger charge is -2.20. The Kier molecular flexibility index (Phi) is 9.32. The number of carbonyl (C=O) groups is 3. The van der Waals surface area contributed by atoms with Crippen molar-refractivity contribution in [3.8, 4) is 0 Å². The van der Waals surface area contributed by atoms with E-state index in [1.807, 2.05) is 13.8 Å². The molecule has 0 saturated carbocycles. The van der Waals surface area contributed by atoms with E-state index in [9.17, 15) is 14.4 Å². The molecule has 3 N–H and O–H groups in total. The van der Waals surface area contributed by atoms with Crippen molar-refractivity contribution in [2.24, 2.45) is 5.92 Å². The second-order valence-electron chi connectivity index (χ2n) is 7.73. The predicted molar refractivity (Wildman–Crippen MR) is 114 cm³/mol. The second-order valence-corrected chi connectivity index (χ2v) is 7.73. The van der Waals surface area contributed by atoms with E-state index in [1.54, 1.807) is 39.8 Å². The second kappa shape index (κ2) is 11.2. The molecule has 0 aliphatic heterocycles. The number of carbonyl (C=O) groups excluding carboxylic acids is 3. The van der Waals surface area contributed by atoms with Crippen LogP contribution >= 0.6 is 0 Å². The van der Waals surface area contributed by atoms with Gasteiger partial charge in [0.2, 0.25) is 0 Å². The Morgan fingerprint density at radius 3 is 2.27 bits per heavy atom. The molecule has 30 heavy (non-hydrogen) atoms. The minimum atomic E-state index is -0.744. The summed E-state index contributed by atoms with van der Waals surface area (Å²) in [5.74, 6) is -1.13. The third-order valence-electron chi connectivity index (χ3n) is 3.30. The van der Waals surface area contributed by atoms with Crippen molar-refractivity contribution < 1.29 is 28.7 Å². The number of esters is 1. The van der Waals surface area contributed by atoms with Crippen LogP contribution in [0.25, 0.3) is 0 Å². The van der Waals surface area contributed by atoms with Gasteiger partial charge in [0.1, 0.15) is 11.3 Å². The first-order valence-corrected chi connectivity index (χ1v) is 9.59. The molecule has 0 spiro atoms. The number of benzene rings is 1. The molecule has 0 aliphatic rings. The van der Waals surface area contributed by atoms with E-state index in [1.165, 1.54) is 19.2 Å². The van der Waals surface area contributed by atoms with Crippen molar-refractivity contribution in [2.45, 2.75) is 47.1 Å². The molecule has 9 nitrogen and oxygen atoms in total. The maximum Gasteiger partial charge on any atom is 0.412 e. The van der Waals surface area contributed by atoms with Gasteiger partial charge in [-0.1, -0.05) is 19.9 Å². The van der Waals surface area contributed by atoms with Crippen molar-refractivity contribution >= 4 is 29.3 Å². The average Bonchev–Trinajstić information content (AvgIpc) is 2.59. The molecule has 0 aromatic heterocycles. The Morgan fingerprint density at radius 2 is 1.73 bits per heavy atom. The van der Waals surface area contributed by atoms with Gasteiger partial charge >= 0.3 is 12.1 Å². The fourth-order valence-electron chi connectivity index (χ4n) is 2.33. The van der Waals surface area contributed by atoms with Gasteiger partial charge in [-0.15, -0.1) is 0 Å². The highest BCUT2D eigenvalue weighted by Crippen LogP contribution is 2.21. The zero-order chi connectivity index (χ0) is 22.9. The van der Waals surface area contributed by atoms with Crippen molar-refractivity contribution in [3.05, 3.63) is 35.5 Å². The van der Waals surface area contributed by atoms with Crippen LogP contribution in [0.4, 0.5) is 16.2 Å². The van der Waals surface area contributed by atoms with Crippen molar-refractivity contribution in [2.75, 3.05) is 24.5 Å². The third kappa shape index (κ3) is 8.95. The van der Waals surface area contributed by atoms with Gasteiger partial charge in [0.05, 0.1) is 25.0 Å². The van der Waals surface area contributed by atoms with Crippen LogP contribution in [-0.4, -0.2) is 37.3 Å². The van der Waals surface area contributed by atoms with Crippen LogP contribution in [0.1, 0.15) is 51.9 Å². The Morgan fingerprint density at radius 1 is 1.10 bits per heavy atom. The maximum atomic E-state index is 12.8. The van der Waals surface area contributed by atoms with Crippen LogP contribution in [-0.2, 0) is 19.1 Å². The fourth-order valence-corrected chi connectivity index (χ4v) is 2.33. The lowest BCUT2D eigenvalue weighted by atomic mass is 10.1. The largest absolute Gasteiger partial charge is 0.462 e. The summed E-state index contributed by atoms with van der Waals surface area (Å²) in [6, 6.07) is 4.57. The van der Waals surface area contributed by atoms with Crippen LogP contribution in [0, 0.1) is 5.92 Å². The maximum absolute atomic E-state index is 12.8. The van der Waals surface area contributed by atoms with Crippen molar-refractivity contribution in [3.63, 3.8) is 0 Å². The summed E-state index contributed by atoms with van der Waals surface area (Å²) < 4.78 is 10.2. The highest BCUT2D eigenvalue weighted by molar-refractivity contribution is 6.06. The summed E-state index contributed by atoms with van der Waals surface area (Å²) in [6.45, 7) is 10.8. The average molecular weight is 421 g/mol. The zero-order valence-corrected chi connectivity index (χ0v) is 18.5. The van der Waals surface area contributed by atoms with Crippen LogP contribution in [0.15, 0.2) is 30.0 Å². The molecule has 0 aliphatic carbocycles. The number of rotatable bonds is 8. The topological polar surface area (TPSA) is 115 Å². The van der Waals surface area contributed by atoms with Crippen LogP contribution < -0.4 is 16.1 Å². The van der Waals surface area contributed by atoms with Gasteiger partial charge in [-0.25, -0.2) is 9.59 Å². The normalized spacial score (nSPS) is 11.7. The molecular formula is C21H31N3O6. The molecule has 9 heteroatoms. The van der Waals surface area contributed by atoms with Crippen LogP contribution in [0.5, 0.6) is 0 Å². The number of anilines is 2. The van der Waals surface area contributed by atoms with Crippen molar-refractivity contribution in [1.29, 1.82) is 0 Å². The quantitative estimate of drug-likeness (QED) is 0.332. The van der Waals surface area contributed by atoms with Crippen LogP contribution in [0.2, 0.25) is 0 Å². The Hall–Kier alpha value is -3.07. The third-order valence-corrected chi connectivity index (χ3v) is 3.30. The molecule has 1 aromatic rings. The van der Waals surface area contributed by atoms with E-state index in [-0.39, 0.29) is 23.8 Å². The molecular weight excluding hydrogens is 390 g/mol. The SMILES string of the molecule is CCOC(=O)c1cc(NOC)cc(NC(=O)/C(=C/C(C)C)NC(=O)OC(C)(C)C)c1. The monoisotopic (exact) mass is 421 g/mol. The standard InChI is InChI=1S/C21H31N3O6/c1-8-29-19(26)14-10-15(12-16(11-14)24-28-7)22-18(25)17(9-13(2)3)23-20(27)30-21(4,5)6/h9-13,24H,8H2,1-7H3,(H,22,25)(H,23,27)/b17-9-. The molecule has 2 amide bonds. The number of hydrogen-bond donors (Lipinski definition) is 3. The van der Waals surface area contributed by atoms with E-state index in [4.69, 9.17) is 14.3 Å². The summed E-state index contributed by atoms with van der Waals surface area (Å²) >= 11 is 0. The molecule has 1 rings (SSSR count). The minimum Gasteiger partial charge on any atom is -0.462 e. The number of ether oxygens (including phenoxy) is 2. The molecule has 0 heterocycles. The molecule has 0 radical (unpaired) electrons. The number of alkyl carbamates (subject to hydrolysis) is 1. The van der Waals surface area contributed by atoms with E-state index in [0.717, 1.165) is 0 Å². The Balaban J connectivity index is 3.12. The number of hydrogen-bond acceptors (Lipinski definition) is 7. The smallest absolute Gasteiger partial charge is 0.412 e. The Bertz CT molecular complexity index is 796. The first kappa shape index (κ1) is 25.0. The summed E-state index contributed by atoms with van der Waals surface area (Å²) in [7, 11) is 1.42. The summed E-state index contributed by atoms with van der Waals surface area (Å²) in [4.78, 5) is 41.9. The van der Waals surface area contributed by atoms with Crippen molar-refractivity contribution in [1.82, 2.24) is 5.32 Å². The van der Waals surface area contributed by atoms with Crippen LogP contribution in [0.3, 0.4) is 0 Å². The van der Waals surface area contributed by atoms with Gasteiger partial charge in [-0.3, -0.25) is 20.4 Å². The molecule has 166 valence electrons. The zero-order valence-electron chi connectivity index (χ0n) is 18.5. The highest BCUT2D eigenvalue weighted by Gasteiger charge is 2.20. The molecule has 0 fully saturated rings. The van der Waals surface area contributed by atoms with Gasteiger partial charge in [0.25, 0.3) is 5.91 Å². The fraction of sp³-hybridized carbons (Fsp3) is 0.476. The predicted octanol–water partition coefficient (Wildman–Crippen LogP) is 3.84. The van der Waals surface area contributed by atoms with Gasteiger partial charge in [0.15, 0.2) is 0 Å². The molecule has 1 aromatic carbocycles. The number of allylic oxidation sites excluding steroid dienone is 1. The highest BCUT2D eigenvalue weighted by atomic mass is 16.6. The minimum absolute atomic E-state index is 0.0164. The van der Waals surface area contributed by atoms with E-state index in [0.29, 0.717) is 11.4 Å². The lowest BCUT2D eigenvalue weighted by Crippen LogP contribution is -2.36. The van der Waals surface area contributed by atoms with E-state index in [2.05, 4.69) is 16.1 Å². The summed E-state index contributed by atoms with van der Waals surface area (Å²) in [5.41, 5.74) is 2.91. The molecule has 0 bridgehead atoms. The van der Waals surface area contributed by atoms with Gasteiger partial charge in [0, 0.05) is 5.69 Å². The summed E-state index contributed by atoms with van der Waals surface area (Å²) in [5, 5.41) is 5.15. The van der Waals surface area contributed by atoms with Gasteiger partial charge in [-0.2, -0.15) is 0 Å². The van der Waals surface area contributed by atoms with E-state index >= 15 is 0 Å². The lowest BCUT2D eigenvalue weighted by molar-refractivity contribution is -0.113. The molecule has 0 unspecified atom stereocenters. The first-order valence-electron chi connectivity index (χ1n) is 9.59. The van der Waals surface area contributed by atoms with Gasteiger partial charge < -0.3 is 14.8 Å². The van der Waals surface area contributed by atoms with E-state index < -0.39 is 23.6 Å². The molecule has 0 atom stereocenters. The molecule has 0 saturated heterocycles. The number of nitrogens with one attached hydrogen (secondary N) is 3. The summed E-state index contributed by atoms with van der Waals surface area (Å²) in [6.07, 6.45) is 0.856. The van der Waals surface area contributed by atoms with Gasteiger partial charge in [-0.05, 0) is 51.8 Å². The first-order chi connectivity index (χ1) is 13.9. The Labute approximate surface area is 177 Å². The number of amides is 2.